The number of carbonyl (C=O) groups is 3. The molecule has 0 bridgehead atoms. The van der Waals surface area contributed by atoms with E-state index >= 15 is 0 Å². The van der Waals surface area contributed by atoms with E-state index in [4.69, 9.17) is 16.3 Å². The van der Waals surface area contributed by atoms with Crippen molar-refractivity contribution in [3.8, 4) is 0 Å². The normalized spacial score (nSPS) is 13.3. The van der Waals surface area contributed by atoms with Crippen molar-refractivity contribution in [1.29, 1.82) is 0 Å². The summed E-state index contributed by atoms with van der Waals surface area (Å²) in [5.74, 6) is -1.70. The van der Waals surface area contributed by atoms with Crippen LogP contribution in [0.15, 0.2) is 42.5 Å². The maximum Gasteiger partial charge on any atom is 0.340 e. The summed E-state index contributed by atoms with van der Waals surface area (Å²) in [6.07, 6.45) is 0. The van der Waals surface area contributed by atoms with Crippen LogP contribution in [-0.2, 0) is 4.74 Å². The summed E-state index contributed by atoms with van der Waals surface area (Å²) >= 11 is 6.13. The molecule has 5 nitrogen and oxygen atoms in total. The monoisotopic (exact) mass is 315 g/mol. The maximum atomic E-state index is 12.5. The molecule has 0 aromatic heterocycles. The largest absolute Gasteiger partial charge is 0.465 e. The highest BCUT2D eigenvalue weighted by Gasteiger charge is 2.39. The molecular weight excluding hydrogens is 306 g/mol. The SMILES string of the molecule is COC(=O)c1cccc(Cl)c1N1C(=O)c2ccccc2C1=O. The molecule has 0 fully saturated rings. The predicted octanol–water partition coefficient (Wildman–Crippen LogP) is 2.93. The quantitative estimate of drug-likeness (QED) is 0.631. The molecule has 0 spiro atoms. The zero-order valence-electron chi connectivity index (χ0n) is 11.5. The van der Waals surface area contributed by atoms with Crippen LogP contribution in [0.2, 0.25) is 5.02 Å². The molecule has 1 heterocycles. The summed E-state index contributed by atoms with van der Waals surface area (Å²) in [7, 11) is 1.22. The second-order valence-electron chi connectivity index (χ2n) is 4.62. The van der Waals surface area contributed by atoms with E-state index in [1.165, 1.54) is 19.2 Å². The Bertz CT molecular complexity index is 781. The second-order valence-corrected chi connectivity index (χ2v) is 5.03. The van der Waals surface area contributed by atoms with Crippen molar-refractivity contribution in [2.45, 2.75) is 0 Å². The molecule has 2 amide bonds. The third-order valence-corrected chi connectivity index (χ3v) is 3.71. The van der Waals surface area contributed by atoms with Gasteiger partial charge in [-0.3, -0.25) is 9.59 Å². The van der Waals surface area contributed by atoms with Gasteiger partial charge in [-0.1, -0.05) is 29.8 Å². The fourth-order valence-electron chi connectivity index (χ4n) is 2.41. The van der Waals surface area contributed by atoms with E-state index in [-0.39, 0.29) is 27.4 Å². The summed E-state index contributed by atoms with van der Waals surface area (Å²) in [5.41, 5.74) is 0.665. The number of methoxy groups -OCH3 is 1. The maximum absolute atomic E-state index is 12.5. The van der Waals surface area contributed by atoms with Gasteiger partial charge in [-0.2, -0.15) is 0 Å². The Kier molecular flexibility index (Phi) is 3.42. The molecule has 1 aliphatic rings. The molecule has 22 heavy (non-hydrogen) atoms. The van der Waals surface area contributed by atoms with Gasteiger partial charge in [0, 0.05) is 0 Å². The van der Waals surface area contributed by atoms with Crippen LogP contribution >= 0.6 is 11.6 Å². The van der Waals surface area contributed by atoms with Gasteiger partial charge in [-0.05, 0) is 24.3 Å². The molecule has 0 atom stereocenters. The summed E-state index contributed by atoms with van der Waals surface area (Å²) in [4.78, 5) is 37.8. The minimum absolute atomic E-state index is 0.0437. The van der Waals surface area contributed by atoms with Gasteiger partial charge in [0.2, 0.25) is 0 Å². The van der Waals surface area contributed by atoms with Crippen molar-refractivity contribution < 1.29 is 19.1 Å². The Labute approximate surface area is 131 Å². The molecule has 110 valence electrons. The molecule has 0 saturated heterocycles. The molecule has 2 aromatic carbocycles. The summed E-state index contributed by atoms with van der Waals surface area (Å²) < 4.78 is 4.69. The lowest BCUT2D eigenvalue weighted by Gasteiger charge is -2.18. The standard InChI is InChI=1S/C16H10ClNO4/c1-22-16(21)11-7-4-8-12(17)13(11)18-14(19)9-5-2-3-6-10(9)15(18)20/h2-8H,1H3. The fourth-order valence-corrected chi connectivity index (χ4v) is 2.67. The van der Waals surface area contributed by atoms with E-state index < -0.39 is 17.8 Å². The molecule has 0 aliphatic carbocycles. The number of hydrogen-bond donors (Lipinski definition) is 0. The van der Waals surface area contributed by atoms with E-state index in [1.54, 1.807) is 30.3 Å². The highest BCUT2D eigenvalue weighted by Crippen LogP contribution is 2.36. The van der Waals surface area contributed by atoms with Crippen LogP contribution in [0.4, 0.5) is 5.69 Å². The van der Waals surface area contributed by atoms with Crippen LogP contribution in [-0.4, -0.2) is 24.9 Å². The number of nitrogens with zero attached hydrogens (tertiary/aromatic N) is 1. The zero-order chi connectivity index (χ0) is 15.9. The van der Waals surface area contributed by atoms with Gasteiger partial charge in [-0.15, -0.1) is 0 Å². The molecule has 6 heteroatoms. The van der Waals surface area contributed by atoms with Gasteiger partial charge in [0.1, 0.15) is 0 Å². The number of ether oxygens (including phenoxy) is 1. The first-order valence-electron chi connectivity index (χ1n) is 6.41. The first-order chi connectivity index (χ1) is 10.6. The average Bonchev–Trinajstić information content (AvgIpc) is 2.79. The lowest BCUT2D eigenvalue weighted by Crippen LogP contribution is -2.31. The van der Waals surface area contributed by atoms with Crippen LogP contribution < -0.4 is 4.90 Å². The Morgan fingerprint density at radius 1 is 1.00 bits per heavy atom. The topological polar surface area (TPSA) is 63.7 Å². The predicted molar refractivity (Wildman–Crippen MR) is 80.4 cm³/mol. The molecule has 0 N–H and O–H groups in total. The zero-order valence-corrected chi connectivity index (χ0v) is 12.3. The molecular formula is C16H10ClNO4. The number of hydrogen-bond acceptors (Lipinski definition) is 4. The highest BCUT2D eigenvalue weighted by atomic mass is 35.5. The van der Waals surface area contributed by atoms with Crippen molar-refractivity contribution in [1.82, 2.24) is 0 Å². The van der Waals surface area contributed by atoms with Crippen LogP contribution in [0.5, 0.6) is 0 Å². The number of rotatable bonds is 2. The number of esters is 1. The minimum Gasteiger partial charge on any atom is -0.465 e. The number of fused-ring (bicyclic) bond motifs is 1. The number of amides is 2. The molecule has 3 rings (SSSR count). The van der Waals surface area contributed by atoms with E-state index in [0.717, 1.165) is 4.90 Å². The summed E-state index contributed by atoms with van der Waals surface area (Å²) in [5, 5.41) is 0.123. The van der Waals surface area contributed by atoms with Crippen molar-refractivity contribution in [3.05, 3.63) is 64.2 Å². The van der Waals surface area contributed by atoms with Gasteiger partial charge in [-0.25, -0.2) is 9.69 Å². The number of halogens is 1. The molecule has 0 radical (unpaired) electrons. The minimum atomic E-state index is -0.672. The van der Waals surface area contributed by atoms with Gasteiger partial charge < -0.3 is 4.74 Å². The number of benzene rings is 2. The molecule has 1 aliphatic heterocycles. The fraction of sp³-hybridized carbons (Fsp3) is 0.0625. The van der Waals surface area contributed by atoms with Gasteiger partial charge in [0.15, 0.2) is 0 Å². The molecule has 0 saturated carbocycles. The van der Waals surface area contributed by atoms with E-state index in [0.29, 0.717) is 0 Å². The first kappa shape index (κ1) is 14.3. The van der Waals surface area contributed by atoms with Gasteiger partial charge in [0.25, 0.3) is 11.8 Å². The number of imide groups is 1. The number of para-hydroxylation sites is 1. The van der Waals surface area contributed by atoms with E-state index in [9.17, 15) is 14.4 Å². The summed E-state index contributed by atoms with van der Waals surface area (Å²) in [6.45, 7) is 0. The van der Waals surface area contributed by atoms with Gasteiger partial charge in [0.05, 0.1) is 34.5 Å². The lowest BCUT2D eigenvalue weighted by molar-refractivity contribution is 0.0601. The van der Waals surface area contributed by atoms with E-state index in [1.807, 2.05) is 0 Å². The Hall–Kier alpha value is -2.66. The Balaban J connectivity index is 2.20. The highest BCUT2D eigenvalue weighted by molar-refractivity contribution is 6.41. The van der Waals surface area contributed by atoms with Gasteiger partial charge >= 0.3 is 5.97 Å². The van der Waals surface area contributed by atoms with Crippen molar-refractivity contribution in [3.63, 3.8) is 0 Å². The lowest BCUT2D eigenvalue weighted by atomic mass is 10.1. The average molecular weight is 316 g/mol. The van der Waals surface area contributed by atoms with Crippen LogP contribution in [0.1, 0.15) is 31.1 Å². The number of anilines is 1. The Morgan fingerprint density at radius 3 is 2.14 bits per heavy atom. The van der Waals surface area contributed by atoms with Crippen LogP contribution in [0.25, 0.3) is 0 Å². The molecule has 0 unspecified atom stereocenters. The van der Waals surface area contributed by atoms with Crippen molar-refractivity contribution >= 4 is 35.1 Å². The first-order valence-corrected chi connectivity index (χ1v) is 6.78. The smallest absolute Gasteiger partial charge is 0.340 e. The third kappa shape index (κ3) is 1.98. The second kappa shape index (κ2) is 5.27. The van der Waals surface area contributed by atoms with Crippen LogP contribution in [0.3, 0.4) is 0 Å². The van der Waals surface area contributed by atoms with E-state index in [2.05, 4.69) is 0 Å². The van der Waals surface area contributed by atoms with Crippen molar-refractivity contribution in [2.24, 2.45) is 0 Å². The summed E-state index contributed by atoms with van der Waals surface area (Å²) in [6, 6.07) is 11.0. The Morgan fingerprint density at radius 2 is 1.59 bits per heavy atom. The molecule has 2 aromatic rings. The third-order valence-electron chi connectivity index (χ3n) is 3.41. The van der Waals surface area contributed by atoms with Crippen molar-refractivity contribution in [2.75, 3.05) is 12.0 Å². The van der Waals surface area contributed by atoms with Crippen LogP contribution in [0, 0.1) is 0 Å². The number of carbonyl (C=O) groups excluding carboxylic acids is 3.